The Morgan fingerprint density at radius 1 is 1.32 bits per heavy atom. The van der Waals surface area contributed by atoms with Crippen molar-refractivity contribution in [2.45, 2.75) is 39.0 Å². The lowest BCUT2D eigenvalue weighted by atomic mass is 10.0. The molecule has 1 aliphatic heterocycles. The number of carbonyl (C=O) groups is 1. The first kappa shape index (κ1) is 17.4. The van der Waals surface area contributed by atoms with E-state index in [9.17, 15) is 18.0 Å². The number of cyclic esters (lactones) is 1. The van der Waals surface area contributed by atoms with Gasteiger partial charge < -0.3 is 9.72 Å². The third kappa shape index (κ3) is 2.88. The number of carbonyl (C=O) groups excluding carboxylic acids is 1. The lowest BCUT2D eigenvalue weighted by molar-refractivity contribution is -0.136. The molecular weight excluding hydrogens is 333 g/mol. The van der Waals surface area contributed by atoms with E-state index < -0.39 is 23.4 Å². The van der Waals surface area contributed by atoms with Gasteiger partial charge in [0.15, 0.2) is 0 Å². The second kappa shape index (κ2) is 5.54. The molecular formula is C18H19F3N2O2. The van der Waals surface area contributed by atoms with Crippen LogP contribution in [-0.2, 0) is 17.3 Å². The van der Waals surface area contributed by atoms with Crippen molar-refractivity contribution in [2.24, 2.45) is 0 Å². The summed E-state index contributed by atoms with van der Waals surface area (Å²) in [5.41, 5.74) is 0.577. The summed E-state index contributed by atoms with van der Waals surface area (Å²) >= 11 is 0. The zero-order valence-corrected chi connectivity index (χ0v) is 14.3. The number of hydrogen-bond acceptors (Lipinski definition) is 2. The molecule has 1 amide bonds. The first-order chi connectivity index (χ1) is 11.5. The number of rotatable bonds is 3. The van der Waals surface area contributed by atoms with Crippen LogP contribution in [0.1, 0.15) is 30.7 Å². The van der Waals surface area contributed by atoms with Crippen LogP contribution >= 0.6 is 0 Å². The van der Waals surface area contributed by atoms with Gasteiger partial charge in [-0.15, -0.1) is 0 Å². The maximum atomic E-state index is 13.2. The summed E-state index contributed by atoms with van der Waals surface area (Å²) in [4.78, 5) is 16.3. The summed E-state index contributed by atoms with van der Waals surface area (Å²) < 4.78 is 44.8. The summed E-state index contributed by atoms with van der Waals surface area (Å²) in [6.07, 6.45) is -4.51. The SMILES string of the molecule is C=C1N(CCc2c(C)[nH]c3c(C(F)(F)F)cccc23)C(=O)OC1(C)C. The Balaban J connectivity index is 1.92. The van der Waals surface area contributed by atoms with E-state index in [1.165, 1.54) is 11.0 Å². The Morgan fingerprint density at radius 3 is 2.56 bits per heavy atom. The largest absolute Gasteiger partial charge is 0.437 e. The molecule has 1 aromatic heterocycles. The van der Waals surface area contributed by atoms with Gasteiger partial charge in [0.2, 0.25) is 0 Å². The van der Waals surface area contributed by atoms with Crippen molar-refractivity contribution in [3.8, 4) is 0 Å². The number of nitrogens with one attached hydrogen (secondary N) is 1. The minimum Gasteiger partial charge on any atom is -0.437 e. The summed E-state index contributed by atoms with van der Waals surface area (Å²) in [6.45, 7) is 9.42. The number of aromatic amines is 1. The molecule has 3 rings (SSSR count). The minimum atomic E-state index is -4.43. The standard InChI is InChI=1S/C18H19F3N2O2/c1-10-12(8-9-23-11(2)17(3,4)25-16(23)24)13-6-5-7-14(15(13)22-10)18(19,20)21/h5-7,22H,2,8-9H2,1,3-4H3. The molecule has 25 heavy (non-hydrogen) atoms. The lowest BCUT2D eigenvalue weighted by Crippen LogP contribution is -2.27. The number of fused-ring (bicyclic) bond motifs is 1. The number of H-pyrrole nitrogens is 1. The average molecular weight is 352 g/mol. The van der Waals surface area contributed by atoms with E-state index in [0.29, 0.717) is 29.7 Å². The van der Waals surface area contributed by atoms with E-state index in [2.05, 4.69) is 11.6 Å². The van der Waals surface area contributed by atoms with Gasteiger partial charge in [-0.3, -0.25) is 4.90 Å². The molecule has 0 bridgehead atoms. The molecule has 4 nitrogen and oxygen atoms in total. The fraction of sp³-hybridized carbons (Fsp3) is 0.389. The molecule has 1 saturated heterocycles. The van der Waals surface area contributed by atoms with Crippen LogP contribution in [0.5, 0.6) is 0 Å². The predicted molar refractivity (Wildman–Crippen MR) is 88.1 cm³/mol. The molecule has 7 heteroatoms. The lowest BCUT2D eigenvalue weighted by Gasteiger charge is -2.19. The highest BCUT2D eigenvalue weighted by molar-refractivity contribution is 5.88. The molecule has 134 valence electrons. The van der Waals surface area contributed by atoms with Gasteiger partial charge in [-0.2, -0.15) is 13.2 Å². The molecule has 0 aliphatic carbocycles. The van der Waals surface area contributed by atoms with Crippen LogP contribution in [0.15, 0.2) is 30.5 Å². The van der Waals surface area contributed by atoms with Crippen molar-refractivity contribution in [1.82, 2.24) is 9.88 Å². The van der Waals surface area contributed by atoms with Gasteiger partial charge in [-0.25, -0.2) is 4.79 Å². The maximum absolute atomic E-state index is 13.2. The van der Waals surface area contributed by atoms with E-state index in [-0.39, 0.29) is 5.52 Å². The highest BCUT2D eigenvalue weighted by atomic mass is 19.4. The molecule has 1 aromatic carbocycles. The molecule has 1 aliphatic rings. The van der Waals surface area contributed by atoms with Gasteiger partial charge in [0.05, 0.1) is 16.8 Å². The Labute approximate surface area is 143 Å². The second-order valence-corrected chi connectivity index (χ2v) is 6.68. The van der Waals surface area contributed by atoms with Crippen molar-refractivity contribution in [2.75, 3.05) is 6.54 Å². The second-order valence-electron chi connectivity index (χ2n) is 6.68. The van der Waals surface area contributed by atoms with Gasteiger partial charge in [0, 0.05) is 17.6 Å². The molecule has 2 heterocycles. The monoisotopic (exact) mass is 352 g/mol. The topological polar surface area (TPSA) is 45.3 Å². The van der Waals surface area contributed by atoms with Crippen LogP contribution in [0.3, 0.4) is 0 Å². The van der Waals surface area contributed by atoms with Gasteiger partial charge in [-0.05, 0) is 38.8 Å². The number of nitrogens with zero attached hydrogens (tertiary/aromatic N) is 1. The zero-order chi connectivity index (χ0) is 18.6. The Morgan fingerprint density at radius 2 is 2.00 bits per heavy atom. The smallest absolute Gasteiger partial charge is 0.418 e. The molecule has 0 radical (unpaired) electrons. The van der Waals surface area contributed by atoms with E-state index in [0.717, 1.165) is 11.6 Å². The van der Waals surface area contributed by atoms with Gasteiger partial charge in [0.1, 0.15) is 5.60 Å². The van der Waals surface area contributed by atoms with Crippen LogP contribution in [0.25, 0.3) is 10.9 Å². The number of halogens is 3. The van der Waals surface area contributed by atoms with Crippen LogP contribution in [0.4, 0.5) is 18.0 Å². The van der Waals surface area contributed by atoms with E-state index in [1.807, 2.05) is 0 Å². The predicted octanol–water partition coefficient (Wildman–Crippen LogP) is 4.78. The summed E-state index contributed by atoms with van der Waals surface area (Å²) in [5, 5.41) is 0.518. The zero-order valence-electron chi connectivity index (χ0n) is 14.3. The van der Waals surface area contributed by atoms with Crippen molar-refractivity contribution >= 4 is 17.0 Å². The molecule has 1 N–H and O–H groups in total. The first-order valence-corrected chi connectivity index (χ1v) is 7.89. The molecule has 0 atom stereocenters. The van der Waals surface area contributed by atoms with Gasteiger partial charge in [-0.1, -0.05) is 18.7 Å². The highest BCUT2D eigenvalue weighted by Gasteiger charge is 2.41. The maximum Gasteiger partial charge on any atom is 0.418 e. The first-order valence-electron chi connectivity index (χ1n) is 7.89. The number of aryl methyl sites for hydroxylation is 1. The summed E-state index contributed by atoms with van der Waals surface area (Å²) in [6, 6.07) is 4.11. The molecule has 2 aromatic rings. The third-order valence-corrected chi connectivity index (χ3v) is 4.63. The Bertz CT molecular complexity index is 865. The highest BCUT2D eigenvalue weighted by Crippen LogP contribution is 2.37. The number of para-hydroxylation sites is 1. The molecule has 0 saturated carbocycles. The Hall–Kier alpha value is -2.44. The van der Waals surface area contributed by atoms with Gasteiger partial charge >= 0.3 is 12.3 Å². The summed E-state index contributed by atoms with van der Waals surface area (Å²) in [5.74, 6) is 0. The van der Waals surface area contributed by atoms with Crippen LogP contribution in [0.2, 0.25) is 0 Å². The van der Waals surface area contributed by atoms with E-state index >= 15 is 0 Å². The number of hydrogen-bond donors (Lipinski definition) is 1. The number of amides is 1. The fourth-order valence-electron chi connectivity index (χ4n) is 3.18. The molecule has 0 spiro atoms. The molecule has 1 fully saturated rings. The normalized spacial score (nSPS) is 17.4. The van der Waals surface area contributed by atoms with Crippen molar-refractivity contribution in [3.63, 3.8) is 0 Å². The minimum absolute atomic E-state index is 0.0747. The van der Waals surface area contributed by atoms with Gasteiger partial charge in [0.25, 0.3) is 0 Å². The van der Waals surface area contributed by atoms with E-state index in [4.69, 9.17) is 4.74 Å². The quantitative estimate of drug-likeness (QED) is 0.864. The number of aromatic nitrogens is 1. The third-order valence-electron chi connectivity index (χ3n) is 4.63. The number of ether oxygens (including phenoxy) is 1. The van der Waals surface area contributed by atoms with E-state index in [1.54, 1.807) is 26.8 Å². The summed E-state index contributed by atoms with van der Waals surface area (Å²) in [7, 11) is 0. The van der Waals surface area contributed by atoms with Crippen molar-refractivity contribution in [3.05, 3.63) is 47.3 Å². The van der Waals surface area contributed by atoms with Crippen molar-refractivity contribution in [1.29, 1.82) is 0 Å². The average Bonchev–Trinajstić information content (AvgIpc) is 2.90. The van der Waals surface area contributed by atoms with Crippen molar-refractivity contribution < 1.29 is 22.7 Å². The number of benzene rings is 1. The fourth-order valence-corrected chi connectivity index (χ4v) is 3.18. The van der Waals surface area contributed by atoms with Crippen LogP contribution < -0.4 is 0 Å². The van der Waals surface area contributed by atoms with Crippen LogP contribution in [-0.4, -0.2) is 28.1 Å². The number of alkyl halides is 3. The molecule has 0 unspecified atom stereocenters. The Kier molecular flexibility index (Phi) is 3.85. The van der Waals surface area contributed by atoms with Crippen LogP contribution in [0, 0.1) is 6.92 Å².